The van der Waals surface area contributed by atoms with E-state index in [1.54, 1.807) is 0 Å². The number of hydrogen-bond donors (Lipinski definition) is 0. The van der Waals surface area contributed by atoms with Crippen LogP contribution in [-0.4, -0.2) is 96.2 Å². The monoisotopic (exact) mass is 531 g/mol. The molecular weight excluding hydrogens is 464 g/mol. The lowest BCUT2D eigenvalue weighted by Gasteiger charge is -2.44. The van der Waals surface area contributed by atoms with Gasteiger partial charge in [0.1, 0.15) is 37.4 Å². The summed E-state index contributed by atoms with van der Waals surface area (Å²) in [6, 6.07) is 0. The third-order valence-electron chi connectivity index (χ3n) is 7.05. The lowest BCUT2D eigenvalue weighted by atomic mass is 10.3. The number of hydrogen-bond acceptors (Lipinski definition) is 7. The van der Waals surface area contributed by atoms with Crippen molar-refractivity contribution in [1.29, 1.82) is 0 Å². The highest BCUT2D eigenvalue weighted by atomic mass is 16.6. The summed E-state index contributed by atoms with van der Waals surface area (Å²) in [5.41, 5.74) is 0. The van der Waals surface area contributed by atoms with Crippen LogP contribution in [0.4, 0.5) is 0 Å². The van der Waals surface area contributed by atoms with Gasteiger partial charge in [-0.15, -0.1) is 0 Å². The maximum atomic E-state index is 6.66. The van der Waals surface area contributed by atoms with Crippen LogP contribution in [0.15, 0.2) is 0 Å². The smallest absolute Gasteiger partial charge is 0.113 e. The van der Waals surface area contributed by atoms with Crippen LogP contribution in [0.25, 0.3) is 0 Å². The predicted molar refractivity (Wildman–Crippen MR) is 158 cm³/mol. The van der Waals surface area contributed by atoms with Crippen molar-refractivity contribution in [2.75, 3.05) is 39.3 Å². The van der Waals surface area contributed by atoms with Crippen LogP contribution >= 0.6 is 0 Å². The molecule has 0 spiro atoms. The van der Waals surface area contributed by atoms with Gasteiger partial charge in [0.15, 0.2) is 0 Å². The first kappa shape index (κ1) is 36.7. The van der Waals surface area contributed by atoms with Crippen molar-refractivity contribution in [3.8, 4) is 0 Å². The van der Waals surface area contributed by atoms with Gasteiger partial charge in [0, 0.05) is 39.3 Å². The average molecular weight is 531 g/mol. The zero-order chi connectivity index (χ0) is 28.4. The lowest BCUT2D eigenvalue weighted by Crippen LogP contribution is -2.55. The van der Waals surface area contributed by atoms with Gasteiger partial charge in [0.05, 0.1) is 0 Å². The molecule has 6 unspecified atom stereocenters. The first-order chi connectivity index (χ1) is 17.6. The summed E-state index contributed by atoms with van der Waals surface area (Å²) >= 11 is 0. The Bertz CT molecular complexity index is 438. The van der Waals surface area contributed by atoms with E-state index in [0.29, 0.717) is 0 Å². The van der Waals surface area contributed by atoms with E-state index in [9.17, 15) is 0 Å². The van der Waals surface area contributed by atoms with E-state index in [-0.39, 0.29) is 37.4 Å². The van der Waals surface area contributed by atoms with Crippen molar-refractivity contribution in [2.24, 2.45) is 0 Å². The average Bonchev–Trinajstić information content (AvgIpc) is 2.83. The third kappa shape index (κ3) is 14.1. The number of nitrogens with zero attached hydrogens (tertiary/aromatic N) is 4. The molecule has 0 aromatic rings. The summed E-state index contributed by atoms with van der Waals surface area (Å²) in [7, 11) is 0. The predicted octanol–water partition coefficient (Wildman–Crippen LogP) is 6.78. The van der Waals surface area contributed by atoms with Gasteiger partial charge >= 0.3 is 0 Å². The van der Waals surface area contributed by atoms with Crippen LogP contribution in [0, 0.1) is 0 Å². The fourth-order valence-corrected chi connectivity index (χ4v) is 5.36. The van der Waals surface area contributed by atoms with Gasteiger partial charge in [-0.1, -0.05) is 41.5 Å². The Kier molecular flexibility index (Phi) is 21.4. The third-order valence-corrected chi connectivity index (χ3v) is 7.05. The topological polar surface area (TPSA) is 40.6 Å². The number of rotatable bonds is 24. The molecule has 0 aromatic carbocycles. The molecule has 0 bridgehead atoms. The molecule has 0 aliphatic heterocycles. The minimum Gasteiger partial charge on any atom is -0.345 e. The van der Waals surface area contributed by atoms with Gasteiger partial charge in [-0.2, -0.15) is 0 Å². The van der Waals surface area contributed by atoms with Crippen LogP contribution in [0.3, 0.4) is 0 Å². The Balaban J connectivity index is 5.77. The van der Waals surface area contributed by atoms with Gasteiger partial charge in [-0.05, 0) is 80.1 Å². The molecule has 0 saturated carbocycles. The molecule has 37 heavy (non-hydrogen) atoms. The Morgan fingerprint density at radius 1 is 0.351 bits per heavy atom. The molecule has 0 heterocycles. The van der Waals surface area contributed by atoms with Crippen molar-refractivity contribution in [3.63, 3.8) is 0 Å². The molecular formula is C30H66N4O3. The van der Waals surface area contributed by atoms with Crippen molar-refractivity contribution in [2.45, 2.75) is 159 Å². The SMILES string of the molecule is CCCN(CCC)C(C)OC(C)N(C(C)OC(C)N(CCC)CCC)C(C)OC(C)N(CCC)CCC. The molecule has 224 valence electrons. The first-order valence-electron chi connectivity index (χ1n) is 15.6. The van der Waals surface area contributed by atoms with E-state index in [4.69, 9.17) is 14.2 Å². The molecule has 0 aromatic heterocycles. The first-order valence-corrected chi connectivity index (χ1v) is 15.6. The summed E-state index contributed by atoms with van der Waals surface area (Å²) < 4.78 is 20.0. The fraction of sp³-hybridized carbons (Fsp3) is 1.00. The Hall–Kier alpha value is -0.280. The van der Waals surface area contributed by atoms with E-state index in [0.717, 1.165) is 77.8 Å². The molecule has 0 amide bonds. The highest BCUT2D eigenvalue weighted by Crippen LogP contribution is 2.21. The van der Waals surface area contributed by atoms with Crippen LogP contribution in [0.5, 0.6) is 0 Å². The zero-order valence-electron chi connectivity index (χ0n) is 27.0. The molecule has 0 rings (SSSR count). The van der Waals surface area contributed by atoms with Crippen molar-refractivity contribution in [1.82, 2.24) is 19.6 Å². The molecule has 0 aliphatic rings. The van der Waals surface area contributed by atoms with E-state index in [1.807, 2.05) is 0 Å². The standard InChI is InChI=1S/C30H66N4O3/c1-13-19-31(20-14-2)25(7)35-28(10)34(29(11)36-26(8)32(21-15-3)22-16-4)30(12)37-27(9)33(23-17-5)24-18-6/h25-30H,13-24H2,1-12H3. The van der Waals surface area contributed by atoms with Crippen LogP contribution in [0.2, 0.25) is 0 Å². The molecule has 0 fully saturated rings. The summed E-state index contributed by atoms with van der Waals surface area (Å²) in [6.07, 6.45) is 6.33. The molecule has 7 nitrogen and oxygen atoms in total. The van der Waals surface area contributed by atoms with Crippen LogP contribution in [-0.2, 0) is 14.2 Å². The Morgan fingerprint density at radius 2 is 0.541 bits per heavy atom. The maximum Gasteiger partial charge on any atom is 0.113 e. The van der Waals surface area contributed by atoms with Crippen LogP contribution < -0.4 is 0 Å². The molecule has 0 N–H and O–H groups in total. The Labute approximate surface area is 232 Å². The highest BCUT2D eigenvalue weighted by molar-refractivity contribution is 4.71. The van der Waals surface area contributed by atoms with Crippen molar-refractivity contribution < 1.29 is 14.2 Å². The van der Waals surface area contributed by atoms with E-state index in [2.05, 4.69) is 103 Å². The Morgan fingerprint density at radius 3 is 0.703 bits per heavy atom. The summed E-state index contributed by atoms with van der Waals surface area (Å²) in [4.78, 5) is 9.58. The number of ether oxygens (including phenoxy) is 3. The van der Waals surface area contributed by atoms with E-state index >= 15 is 0 Å². The second kappa shape index (κ2) is 21.5. The van der Waals surface area contributed by atoms with Gasteiger partial charge < -0.3 is 14.2 Å². The fourth-order valence-electron chi connectivity index (χ4n) is 5.36. The maximum absolute atomic E-state index is 6.66. The minimum absolute atomic E-state index is 0.0278. The molecule has 0 saturated heterocycles. The van der Waals surface area contributed by atoms with Gasteiger partial charge in [-0.3, -0.25) is 14.7 Å². The van der Waals surface area contributed by atoms with E-state index < -0.39 is 0 Å². The summed E-state index contributed by atoms with van der Waals surface area (Å²) in [6.45, 7) is 32.6. The molecule has 7 heteroatoms. The molecule has 0 radical (unpaired) electrons. The minimum atomic E-state index is -0.160. The highest BCUT2D eigenvalue weighted by Gasteiger charge is 2.32. The normalized spacial score (nSPS) is 17.5. The van der Waals surface area contributed by atoms with Crippen molar-refractivity contribution >= 4 is 0 Å². The van der Waals surface area contributed by atoms with Crippen LogP contribution in [0.1, 0.15) is 122 Å². The summed E-state index contributed by atoms with van der Waals surface area (Å²) in [5.74, 6) is 0. The zero-order valence-corrected chi connectivity index (χ0v) is 27.0. The quantitative estimate of drug-likeness (QED) is 0.127. The van der Waals surface area contributed by atoms with E-state index in [1.165, 1.54) is 0 Å². The van der Waals surface area contributed by atoms with Gasteiger partial charge in [-0.25, -0.2) is 4.90 Å². The largest absolute Gasteiger partial charge is 0.345 e. The summed E-state index contributed by atoms with van der Waals surface area (Å²) in [5, 5.41) is 0. The molecule has 6 atom stereocenters. The second-order valence-corrected chi connectivity index (χ2v) is 10.6. The van der Waals surface area contributed by atoms with Gasteiger partial charge in [0.2, 0.25) is 0 Å². The lowest BCUT2D eigenvalue weighted by molar-refractivity contribution is -0.266. The van der Waals surface area contributed by atoms with Crippen molar-refractivity contribution in [3.05, 3.63) is 0 Å². The van der Waals surface area contributed by atoms with Gasteiger partial charge in [0.25, 0.3) is 0 Å². The second-order valence-electron chi connectivity index (χ2n) is 10.6. The molecule has 0 aliphatic carbocycles.